The van der Waals surface area contributed by atoms with Gasteiger partial charge in [-0.1, -0.05) is 75.7 Å². The van der Waals surface area contributed by atoms with E-state index in [0.717, 1.165) is 35.1 Å². The number of carboxylic acids is 1. The first-order valence-corrected chi connectivity index (χ1v) is 12.2. The summed E-state index contributed by atoms with van der Waals surface area (Å²) in [5, 5.41) is 11.7. The van der Waals surface area contributed by atoms with Crippen molar-refractivity contribution in [2.75, 3.05) is 20.2 Å². The van der Waals surface area contributed by atoms with Gasteiger partial charge in [0.25, 0.3) is 0 Å². The summed E-state index contributed by atoms with van der Waals surface area (Å²) in [6.45, 7) is 7.04. The molecule has 0 fully saturated rings. The first kappa shape index (κ1) is 26.3. The second-order valence-corrected chi connectivity index (χ2v) is 9.98. The lowest BCUT2D eigenvalue weighted by molar-refractivity contribution is -0.137. The van der Waals surface area contributed by atoms with Gasteiger partial charge >= 0.3 is 12.1 Å². The lowest BCUT2D eigenvalue weighted by atomic mass is 9.86. The predicted molar refractivity (Wildman–Crippen MR) is 135 cm³/mol. The molecule has 0 spiro atoms. The summed E-state index contributed by atoms with van der Waals surface area (Å²) < 4.78 is 5.57. The van der Waals surface area contributed by atoms with Crippen LogP contribution in [-0.2, 0) is 14.3 Å². The normalized spacial score (nSPS) is 13.5. The molecule has 0 aromatic heterocycles. The Balaban J connectivity index is 1.65. The molecule has 1 atom stereocenters. The highest BCUT2D eigenvalue weighted by atomic mass is 16.5. The van der Waals surface area contributed by atoms with E-state index in [4.69, 9.17) is 9.84 Å². The number of carbonyl (C=O) groups is 3. The third-order valence-corrected chi connectivity index (χ3v) is 7.04. The summed E-state index contributed by atoms with van der Waals surface area (Å²) in [5.41, 5.74) is 4.54. The van der Waals surface area contributed by atoms with Gasteiger partial charge in [0.05, 0.1) is 0 Å². The molecule has 188 valence electrons. The number of fused-ring (bicyclic) bond motifs is 3. The van der Waals surface area contributed by atoms with Gasteiger partial charge < -0.3 is 20.1 Å². The van der Waals surface area contributed by atoms with Gasteiger partial charge in [0.1, 0.15) is 12.6 Å². The number of carboxylic acid groups (broad SMARTS) is 1. The number of rotatable bonds is 11. The van der Waals surface area contributed by atoms with E-state index < -0.39 is 18.1 Å². The molecule has 2 N–H and O–H groups in total. The molecule has 7 heteroatoms. The number of hydrogen-bond acceptors (Lipinski definition) is 4. The Morgan fingerprint density at radius 3 is 2.17 bits per heavy atom. The van der Waals surface area contributed by atoms with E-state index >= 15 is 0 Å². The van der Waals surface area contributed by atoms with Gasteiger partial charge in [-0.3, -0.25) is 9.59 Å². The summed E-state index contributed by atoms with van der Waals surface area (Å²) >= 11 is 0. The average Bonchev–Trinajstić information content (AvgIpc) is 3.17. The fourth-order valence-corrected chi connectivity index (χ4v) is 4.33. The van der Waals surface area contributed by atoms with Crippen molar-refractivity contribution in [1.82, 2.24) is 10.2 Å². The number of amides is 2. The van der Waals surface area contributed by atoms with Crippen molar-refractivity contribution < 1.29 is 24.2 Å². The van der Waals surface area contributed by atoms with Crippen LogP contribution in [0.25, 0.3) is 11.1 Å². The Morgan fingerprint density at radius 1 is 1.06 bits per heavy atom. The number of carbonyl (C=O) groups excluding carboxylic acids is 2. The van der Waals surface area contributed by atoms with Crippen LogP contribution in [0.3, 0.4) is 0 Å². The Morgan fingerprint density at radius 2 is 1.63 bits per heavy atom. The third kappa shape index (κ3) is 6.62. The standard InChI is InChI=1S/C28H36N2O5/c1-5-28(2,3)16-17-30(4)26(33)24(14-15-25(31)32)29-27(34)35-18-23-21-12-8-6-10-19(21)20-11-7-9-13-22(20)23/h6-13,23-24H,5,14-18H2,1-4H3,(H,29,34)(H,31,32). The summed E-state index contributed by atoms with van der Waals surface area (Å²) in [4.78, 5) is 38.5. The fourth-order valence-electron chi connectivity index (χ4n) is 4.33. The van der Waals surface area contributed by atoms with Crippen molar-refractivity contribution in [2.24, 2.45) is 5.41 Å². The number of nitrogens with one attached hydrogen (secondary N) is 1. The van der Waals surface area contributed by atoms with Crippen molar-refractivity contribution in [3.05, 3.63) is 59.7 Å². The van der Waals surface area contributed by atoms with E-state index in [-0.39, 0.29) is 36.7 Å². The molecule has 0 saturated carbocycles. The van der Waals surface area contributed by atoms with Gasteiger partial charge in [-0.2, -0.15) is 0 Å². The number of nitrogens with zero attached hydrogens (tertiary/aromatic N) is 1. The smallest absolute Gasteiger partial charge is 0.407 e. The Labute approximate surface area is 207 Å². The van der Waals surface area contributed by atoms with Crippen LogP contribution in [0.4, 0.5) is 4.79 Å². The summed E-state index contributed by atoms with van der Waals surface area (Å²) in [7, 11) is 1.68. The van der Waals surface area contributed by atoms with Gasteiger partial charge in [-0.15, -0.1) is 0 Å². The SMILES string of the molecule is CCC(C)(C)CCN(C)C(=O)C(CCC(=O)O)NC(=O)OCC1c2ccccc2-c2ccccc21. The summed E-state index contributed by atoms with van der Waals surface area (Å²) in [5.74, 6) is -1.43. The molecule has 2 amide bonds. The van der Waals surface area contributed by atoms with E-state index in [1.54, 1.807) is 11.9 Å². The van der Waals surface area contributed by atoms with E-state index in [1.807, 2.05) is 36.4 Å². The number of hydrogen-bond donors (Lipinski definition) is 2. The van der Waals surface area contributed by atoms with E-state index in [2.05, 4.69) is 38.2 Å². The molecular formula is C28H36N2O5. The number of aliphatic carboxylic acids is 1. The largest absolute Gasteiger partial charge is 0.481 e. The molecule has 2 aromatic rings. The first-order chi connectivity index (χ1) is 16.6. The molecule has 1 aliphatic carbocycles. The number of ether oxygens (including phenoxy) is 1. The van der Waals surface area contributed by atoms with E-state index in [0.29, 0.717) is 6.54 Å². The molecular weight excluding hydrogens is 444 g/mol. The zero-order chi connectivity index (χ0) is 25.6. The summed E-state index contributed by atoms with van der Waals surface area (Å²) in [6.07, 6.45) is 0.837. The monoisotopic (exact) mass is 480 g/mol. The Bertz CT molecular complexity index is 1020. The van der Waals surface area contributed by atoms with Crippen LogP contribution in [0, 0.1) is 5.41 Å². The molecule has 0 heterocycles. The van der Waals surface area contributed by atoms with E-state index in [9.17, 15) is 14.4 Å². The van der Waals surface area contributed by atoms with Crippen molar-refractivity contribution in [1.29, 1.82) is 0 Å². The first-order valence-electron chi connectivity index (χ1n) is 12.2. The number of benzene rings is 2. The molecule has 1 unspecified atom stereocenters. The minimum Gasteiger partial charge on any atom is -0.481 e. The quantitative estimate of drug-likeness (QED) is 0.470. The summed E-state index contributed by atoms with van der Waals surface area (Å²) in [6, 6.07) is 15.1. The maximum Gasteiger partial charge on any atom is 0.407 e. The zero-order valence-corrected chi connectivity index (χ0v) is 21.0. The number of likely N-dealkylation sites (N-methyl/N-ethyl adjacent to an activating group) is 1. The minimum absolute atomic E-state index is 0.000126. The zero-order valence-electron chi connectivity index (χ0n) is 21.0. The highest BCUT2D eigenvalue weighted by Crippen LogP contribution is 2.44. The minimum atomic E-state index is -1.02. The van der Waals surface area contributed by atoms with Crippen molar-refractivity contribution in [3.63, 3.8) is 0 Å². The topological polar surface area (TPSA) is 95.9 Å². The van der Waals surface area contributed by atoms with Gasteiger partial charge in [0.15, 0.2) is 0 Å². The molecule has 35 heavy (non-hydrogen) atoms. The molecule has 3 rings (SSSR count). The maximum absolute atomic E-state index is 13.0. The van der Waals surface area contributed by atoms with Gasteiger partial charge in [-0.25, -0.2) is 4.79 Å². The van der Waals surface area contributed by atoms with Crippen LogP contribution in [0.15, 0.2) is 48.5 Å². The van der Waals surface area contributed by atoms with Crippen LogP contribution in [-0.4, -0.2) is 54.2 Å². The van der Waals surface area contributed by atoms with Crippen LogP contribution >= 0.6 is 0 Å². The average molecular weight is 481 g/mol. The molecule has 0 saturated heterocycles. The van der Waals surface area contributed by atoms with Crippen LogP contribution in [0.1, 0.15) is 63.5 Å². The maximum atomic E-state index is 13.0. The van der Waals surface area contributed by atoms with Gasteiger partial charge in [-0.05, 0) is 40.5 Å². The lowest BCUT2D eigenvalue weighted by Gasteiger charge is -2.29. The second kappa shape index (κ2) is 11.4. The van der Waals surface area contributed by atoms with Gasteiger partial charge in [0, 0.05) is 25.9 Å². The highest BCUT2D eigenvalue weighted by Gasteiger charge is 2.30. The van der Waals surface area contributed by atoms with Gasteiger partial charge in [0.2, 0.25) is 5.91 Å². The number of alkyl carbamates (subject to hydrolysis) is 1. The lowest BCUT2D eigenvalue weighted by Crippen LogP contribution is -2.48. The molecule has 2 aromatic carbocycles. The Hall–Kier alpha value is -3.35. The molecule has 1 aliphatic rings. The molecule has 7 nitrogen and oxygen atoms in total. The predicted octanol–water partition coefficient (Wildman–Crippen LogP) is 5.04. The molecule has 0 radical (unpaired) electrons. The van der Waals surface area contributed by atoms with Crippen molar-refractivity contribution in [3.8, 4) is 11.1 Å². The fraction of sp³-hybridized carbons (Fsp3) is 0.464. The van der Waals surface area contributed by atoms with Crippen molar-refractivity contribution in [2.45, 2.75) is 58.4 Å². The second-order valence-electron chi connectivity index (χ2n) is 9.98. The Kier molecular flexibility index (Phi) is 8.54. The van der Waals surface area contributed by atoms with Crippen LogP contribution in [0.5, 0.6) is 0 Å². The highest BCUT2D eigenvalue weighted by molar-refractivity contribution is 5.86. The van der Waals surface area contributed by atoms with Crippen LogP contribution in [0.2, 0.25) is 0 Å². The molecule has 0 bridgehead atoms. The molecule has 0 aliphatic heterocycles. The van der Waals surface area contributed by atoms with Crippen molar-refractivity contribution >= 4 is 18.0 Å². The van der Waals surface area contributed by atoms with Crippen LogP contribution < -0.4 is 5.32 Å². The van der Waals surface area contributed by atoms with E-state index in [1.165, 1.54) is 0 Å². The third-order valence-electron chi connectivity index (χ3n) is 7.04.